The van der Waals surface area contributed by atoms with Crippen LogP contribution in [0.1, 0.15) is 290 Å². The Bertz CT molecular complexity index is 3620. The number of methoxy groups -OCH3 is 4. The van der Waals surface area contributed by atoms with Crippen LogP contribution in [-0.4, -0.2) is 282 Å². The molecule has 3 aliphatic heterocycles. The van der Waals surface area contributed by atoms with E-state index in [9.17, 15) is 57.4 Å². The minimum atomic E-state index is -1.62. The van der Waals surface area contributed by atoms with E-state index in [1.54, 1.807) is 68.3 Å². The van der Waals surface area contributed by atoms with Crippen molar-refractivity contribution in [1.29, 1.82) is 0 Å². The molecule has 0 bridgehead atoms. The van der Waals surface area contributed by atoms with Crippen molar-refractivity contribution in [3.8, 4) is 0 Å². The molecule has 30 nitrogen and oxygen atoms in total. The number of aliphatic hydroxyl groups is 1. The molecule has 778 valence electrons. The Morgan fingerprint density at radius 1 is 0.552 bits per heavy atom. The summed E-state index contributed by atoms with van der Waals surface area (Å²) in [7, 11) is 16.3. The molecule has 0 radical (unpaired) electrons. The lowest BCUT2D eigenvalue weighted by molar-refractivity contribution is -0.276. The SMILES string of the molecule is CC(C)(C)c1ncccn1.CC1O[C@H](C)CC(N(C)C)[C@H]1COOC=O.CC=C(C)/C=C(/OC(C)(C)C)O[Si](C)(C)C.CC[C@H](C)C[C@@](C)(OC)[C@H](O)[C@@H](C)C(=O)CC(C)=O.CC[C@H](C)C[C@@](C)(OC)[C@H](O[C@@H]1O[C@H](C)CC(N(C)C)[C@H]1P=O)[C@@H](C)C(=O)CC(C)=O.CC[C@H](C)C[C@](C)(C=O)OC.CO[C@](C)(C[C@@H](C)C=O)[C@H](O[C@@H]1O[C@H](C)CC(N(C)C)[C@H]1P=O)[C@@H](C)C(=O)CC(C)=O. The molecule has 4 unspecified atom stereocenters. The molecule has 0 amide bonds. The molecule has 4 rings (SSSR count). The lowest BCUT2D eigenvalue weighted by Gasteiger charge is -2.46. The predicted octanol–water partition coefficient (Wildman–Crippen LogP) is 18.5. The maximum absolute atomic E-state index is 12.9. The fourth-order valence-electron chi connectivity index (χ4n) is 16.0. The minimum Gasteiger partial charge on any atom is -0.520 e. The zero-order chi connectivity index (χ0) is 105. The summed E-state index contributed by atoms with van der Waals surface area (Å²) < 4.78 is 89.0. The number of ether oxygens (including phenoxy) is 10. The van der Waals surface area contributed by atoms with Gasteiger partial charge in [-0.2, -0.15) is 4.89 Å². The fourth-order valence-corrected chi connectivity index (χ4v) is 18.2. The number of hydrogen-bond donors (Lipinski definition) is 1. The number of aliphatic hydroxyl groups excluding tert-OH is 1. The maximum atomic E-state index is 12.9. The van der Waals surface area contributed by atoms with Crippen LogP contribution in [0.25, 0.3) is 0 Å². The molecule has 1 N–H and O–H groups in total. The van der Waals surface area contributed by atoms with Gasteiger partial charge < -0.3 is 86.1 Å². The van der Waals surface area contributed by atoms with Gasteiger partial charge in [0.1, 0.15) is 75.9 Å². The fraction of sp³-hybridized carbons (Fsp3) is 0.832. The summed E-state index contributed by atoms with van der Waals surface area (Å²) in [5, 5.41) is 10.4. The number of Topliss-reactive ketones (excluding diaryl/α,β-unsaturated/α-hetero) is 6. The first-order valence-electron chi connectivity index (χ1n) is 47.7. The number of rotatable bonds is 49. The highest BCUT2D eigenvalue weighted by atomic mass is 31.1. The van der Waals surface area contributed by atoms with Crippen LogP contribution in [-0.2, 0) is 119 Å². The first kappa shape index (κ1) is 133. The standard InChI is InChI=1S/C23H42NO6P.C22H38NO7P.C15H28O4.C13H26O2Si.C11H21NO4.C9H18O2.C8H12N2/c1-10-14(2)13-23(6,28-9)21(17(5)19(26)11-15(3)25)30-22-20(31-27)18(24(7)8)12-16(4)29-22;1-13(12-24)11-22(5,28-8)20(16(4)18(26)9-14(2)25)30-21-19(31-27)17(23(6)7)10-15(3)29-21;1-7-10(2)9-15(5,19-6)14(18)12(4)13(17)8-11(3)16;1-9-11(2)10-12(14-13(3,4)5)15-16(6,7)8;1-8-5-11(12(3)4)10(9(2)16-8)6-14-15-7-13;1-5-8(2)6-9(3,7-10)11-4;1-8(2,3)7-9-5-4-6-10-7/h14,16-18,20-22H,10-13H2,1-9H3;12-13,15-17,19-21H,9-11H2,1-8H3;10,12,14,18H,7-9H2,1-6H3;9-10H,1-8H3;7-11H,5-6H2,1-4H3;7-8H,5-6H2,1-4H3;4-6H,1-3H3/b;;;11-9?,12-10-;;;/t14-,16+,17-,18?,20+,21+,22-,23+;13-,15-,16+,17?,19-,20-,21+,22-;10-,12-,14+,15+;;8-,9?,10+,11?;8-,9+;/m010.10./s1. The van der Waals surface area contributed by atoms with Gasteiger partial charge in [0.15, 0.2) is 35.8 Å². The van der Waals surface area contributed by atoms with Gasteiger partial charge in [-0.3, -0.25) is 42.7 Å². The molecule has 3 aliphatic rings. The van der Waals surface area contributed by atoms with Gasteiger partial charge in [-0.15, -0.1) is 0 Å². The second-order valence-electron chi connectivity index (χ2n) is 41.8. The lowest BCUT2D eigenvalue weighted by atomic mass is 9.79. The van der Waals surface area contributed by atoms with Crippen molar-refractivity contribution in [1.82, 2.24) is 24.7 Å². The lowest BCUT2D eigenvalue weighted by Crippen LogP contribution is -2.57. The van der Waals surface area contributed by atoms with Gasteiger partial charge in [-0.1, -0.05) is 115 Å². The Kier molecular flexibility index (Phi) is 64.5. The van der Waals surface area contributed by atoms with E-state index in [0.717, 1.165) is 62.5 Å². The summed E-state index contributed by atoms with van der Waals surface area (Å²) in [6.07, 6.45) is 12.9. The summed E-state index contributed by atoms with van der Waals surface area (Å²) in [6.45, 7) is 62.6. The average Bonchev–Trinajstić information content (AvgIpc) is 0.787. The number of aromatic nitrogens is 2. The molecule has 0 spiro atoms. The number of carbonyl (C=O) groups is 9. The molecule has 0 saturated carbocycles. The third-order valence-corrected chi connectivity index (χ3v) is 27.3. The van der Waals surface area contributed by atoms with Crippen molar-refractivity contribution >= 4 is 79.0 Å². The van der Waals surface area contributed by atoms with Gasteiger partial charge in [0.25, 0.3) is 5.95 Å². The molecule has 134 heavy (non-hydrogen) atoms. The Labute approximate surface area is 813 Å². The third-order valence-electron chi connectivity index (χ3n) is 24.8. The van der Waals surface area contributed by atoms with E-state index in [4.69, 9.17) is 56.7 Å². The minimum absolute atomic E-state index is 0.0140. The molecule has 33 heteroatoms. The molecular formula is C101H185N5O25P2Si. The molecule has 1 aromatic heterocycles. The van der Waals surface area contributed by atoms with E-state index >= 15 is 0 Å². The molecule has 4 heterocycles. The second-order valence-corrected chi connectivity index (χ2v) is 47.8. The number of hydrogen-bond acceptors (Lipinski definition) is 30. The van der Waals surface area contributed by atoms with Gasteiger partial charge in [-0.25, -0.2) is 9.97 Å². The zero-order valence-electron chi connectivity index (χ0n) is 90.6. The normalized spacial score (nSPS) is 24.7. The summed E-state index contributed by atoms with van der Waals surface area (Å²) in [5.74, 6) is -0.446. The maximum Gasteiger partial charge on any atom is 0.330 e. The van der Waals surface area contributed by atoms with Gasteiger partial charge in [0.05, 0.1) is 78.8 Å². The van der Waals surface area contributed by atoms with E-state index in [1.807, 2.05) is 146 Å². The third kappa shape index (κ3) is 50.8. The Morgan fingerprint density at radius 2 is 0.925 bits per heavy atom. The number of nitrogens with zero attached hydrogens (tertiary/aromatic N) is 5. The Balaban J connectivity index is -0.00000155. The topological polar surface area (TPSA) is 363 Å². The van der Waals surface area contributed by atoms with Crippen LogP contribution < -0.4 is 0 Å². The Hall–Kier alpha value is -5.15. The van der Waals surface area contributed by atoms with Crippen molar-refractivity contribution in [2.75, 3.05) is 77.3 Å². The molecule has 3 saturated heterocycles. The van der Waals surface area contributed by atoms with E-state index in [0.29, 0.717) is 68.5 Å². The first-order chi connectivity index (χ1) is 61.7. The number of allylic oxidation sites excluding steroid dienone is 3. The highest BCUT2D eigenvalue weighted by Gasteiger charge is 2.51. The largest absolute Gasteiger partial charge is 0.520 e. The van der Waals surface area contributed by atoms with Crippen LogP contribution in [0.3, 0.4) is 0 Å². The zero-order valence-corrected chi connectivity index (χ0v) is 93.4. The van der Waals surface area contributed by atoms with Gasteiger partial charge in [0.2, 0.25) is 8.32 Å². The van der Waals surface area contributed by atoms with Crippen LogP contribution in [0.4, 0.5) is 0 Å². The van der Waals surface area contributed by atoms with Crippen LogP contribution >= 0.6 is 16.9 Å². The highest BCUT2D eigenvalue weighted by Crippen LogP contribution is 2.42. The second kappa shape index (κ2) is 65.0. The quantitative estimate of drug-likeness (QED) is 0.00728. The number of ketones is 6. The van der Waals surface area contributed by atoms with Gasteiger partial charge in [0, 0.05) is 100 Å². The molecule has 1 aromatic rings. The predicted molar refractivity (Wildman–Crippen MR) is 532 cm³/mol. The average molecular weight is 1960 g/mol. The van der Waals surface area contributed by atoms with Crippen LogP contribution in [0.15, 0.2) is 42.1 Å². The summed E-state index contributed by atoms with van der Waals surface area (Å²) in [5.41, 5.74) is -2.98. The van der Waals surface area contributed by atoms with Crippen molar-refractivity contribution in [3.05, 3.63) is 48.0 Å². The van der Waals surface area contributed by atoms with E-state index in [2.05, 4.69) is 109 Å². The van der Waals surface area contributed by atoms with E-state index in [-0.39, 0.29) is 130 Å². The van der Waals surface area contributed by atoms with E-state index in [1.165, 1.54) is 27.9 Å². The Morgan fingerprint density at radius 3 is 1.24 bits per heavy atom. The van der Waals surface area contributed by atoms with Crippen molar-refractivity contribution < 1.29 is 119 Å². The number of aldehydes is 2. The van der Waals surface area contributed by atoms with Crippen molar-refractivity contribution in [2.24, 2.45) is 47.3 Å². The molecule has 26 atom stereocenters. The summed E-state index contributed by atoms with van der Waals surface area (Å²) >= 11 is 0. The van der Waals surface area contributed by atoms with Gasteiger partial charge in [-0.05, 0) is 247 Å². The van der Waals surface area contributed by atoms with Crippen LogP contribution in [0.2, 0.25) is 19.6 Å². The molecule has 0 aliphatic carbocycles. The van der Waals surface area contributed by atoms with Gasteiger partial charge >= 0.3 is 6.47 Å². The summed E-state index contributed by atoms with van der Waals surface area (Å²) in [4.78, 5) is 127. The van der Waals surface area contributed by atoms with Crippen molar-refractivity contribution in [2.45, 2.75) is 422 Å². The number of carbonyl (C=O) groups excluding carboxylic acids is 9. The smallest absolute Gasteiger partial charge is 0.330 e. The summed E-state index contributed by atoms with van der Waals surface area (Å²) in [6, 6.07) is 2.18. The van der Waals surface area contributed by atoms with E-state index < -0.39 is 90.7 Å². The van der Waals surface area contributed by atoms with Crippen LogP contribution in [0.5, 0.6) is 0 Å². The molecular weight excluding hydrogens is 1770 g/mol. The highest BCUT2D eigenvalue weighted by molar-refractivity contribution is 7.25. The van der Waals surface area contributed by atoms with Crippen LogP contribution in [0, 0.1) is 47.3 Å². The van der Waals surface area contributed by atoms with Crippen molar-refractivity contribution in [3.63, 3.8) is 0 Å². The molecule has 0 aromatic carbocycles. The first-order valence-corrected chi connectivity index (χ1v) is 52.9. The molecule has 3 fully saturated rings. The monoisotopic (exact) mass is 1960 g/mol.